The quantitative estimate of drug-likeness (QED) is 0.746. The smallest absolute Gasteiger partial charge is 0.208 e. The van der Waals surface area contributed by atoms with E-state index < -0.39 is 9.84 Å². The Kier molecular flexibility index (Phi) is 4.73. The highest BCUT2D eigenvalue weighted by Gasteiger charge is 2.21. The Hall–Kier alpha value is -2.11. The molecule has 0 fully saturated rings. The van der Waals surface area contributed by atoms with E-state index in [1.54, 1.807) is 30.5 Å². The summed E-state index contributed by atoms with van der Waals surface area (Å²) in [6.45, 7) is 4.14. The molecule has 0 atom stereocenters. The first-order valence-corrected chi connectivity index (χ1v) is 9.59. The van der Waals surface area contributed by atoms with Crippen molar-refractivity contribution in [1.29, 1.82) is 0 Å². The fourth-order valence-electron chi connectivity index (χ4n) is 2.73. The zero-order chi connectivity index (χ0) is 17.2. The molecule has 0 amide bonds. The second kappa shape index (κ2) is 6.79. The molecule has 1 heterocycles. The Balaban J connectivity index is 1.94. The summed E-state index contributed by atoms with van der Waals surface area (Å²) in [5.41, 5.74) is 2.06. The molecule has 3 rings (SSSR count). The Morgan fingerprint density at radius 2 is 1.83 bits per heavy atom. The van der Waals surface area contributed by atoms with E-state index in [9.17, 15) is 8.42 Å². The highest BCUT2D eigenvalue weighted by Crippen LogP contribution is 2.28. The second-order valence-electron chi connectivity index (χ2n) is 6.00. The van der Waals surface area contributed by atoms with Gasteiger partial charge in [0.25, 0.3) is 0 Å². The molecule has 0 aliphatic rings. The molecule has 0 saturated heterocycles. The van der Waals surface area contributed by atoms with Gasteiger partial charge in [-0.15, -0.1) is 0 Å². The van der Waals surface area contributed by atoms with Crippen LogP contribution in [-0.2, 0) is 16.3 Å². The van der Waals surface area contributed by atoms with Crippen LogP contribution in [0.15, 0.2) is 64.5 Å². The normalized spacial score (nSPS) is 12.1. The van der Waals surface area contributed by atoms with Gasteiger partial charge in [0.1, 0.15) is 0 Å². The van der Waals surface area contributed by atoms with Gasteiger partial charge in [-0.3, -0.25) is 0 Å². The minimum absolute atomic E-state index is 0.319. The molecule has 3 aromatic rings. The summed E-state index contributed by atoms with van der Waals surface area (Å²) >= 11 is 0. The van der Waals surface area contributed by atoms with E-state index >= 15 is 0 Å². The van der Waals surface area contributed by atoms with E-state index in [0.717, 1.165) is 30.4 Å². The molecule has 4 nitrogen and oxygen atoms in total. The summed E-state index contributed by atoms with van der Waals surface area (Å²) in [4.78, 5) is 6.02. The van der Waals surface area contributed by atoms with Gasteiger partial charge < -0.3 is 9.88 Å². The number of nitrogens with zero attached hydrogens (tertiary/aromatic N) is 1. The Morgan fingerprint density at radius 1 is 1.08 bits per heavy atom. The largest absolute Gasteiger partial charge is 0.360 e. The van der Waals surface area contributed by atoms with Crippen molar-refractivity contribution < 1.29 is 8.42 Å². The van der Waals surface area contributed by atoms with Crippen LogP contribution >= 0.6 is 0 Å². The van der Waals surface area contributed by atoms with Crippen molar-refractivity contribution in [1.82, 2.24) is 9.88 Å². The number of likely N-dealkylation sites (N-methyl/N-ethyl adjacent to an activating group) is 1. The van der Waals surface area contributed by atoms with Crippen molar-refractivity contribution in [2.75, 3.05) is 20.1 Å². The molecular weight excluding hydrogens is 320 g/mol. The van der Waals surface area contributed by atoms with Crippen LogP contribution in [0.5, 0.6) is 0 Å². The Labute approximate surface area is 143 Å². The topological polar surface area (TPSA) is 53.2 Å². The zero-order valence-electron chi connectivity index (χ0n) is 14.0. The fourth-order valence-corrected chi connectivity index (χ4v) is 4.18. The highest BCUT2D eigenvalue weighted by molar-refractivity contribution is 7.91. The maximum absolute atomic E-state index is 12.8. The molecule has 1 N–H and O–H groups in total. The summed E-state index contributed by atoms with van der Waals surface area (Å²) < 4.78 is 25.6. The number of benzene rings is 2. The van der Waals surface area contributed by atoms with Gasteiger partial charge in [0, 0.05) is 23.6 Å². The van der Waals surface area contributed by atoms with Crippen LogP contribution in [0.1, 0.15) is 12.5 Å². The fraction of sp³-hybridized carbons (Fsp3) is 0.263. The molecule has 0 radical (unpaired) electrons. The van der Waals surface area contributed by atoms with Crippen molar-refractivity contribution in [3.8, 4) is 0 Å². The average molecular weight is 342 g/mol. The SMILES string of the molecule is CCN(C)CCc1ccc2c(S(=O)(=O)c3ccccc3)c[nH]c2c1. The van der Waals surface area contributed by atoms with Gasteiger partial charge in [-0.25, -0.2) is 8.42 Å². The van der Waals surface area contributed by atoms with Crippen molar-refractivity contribution >= 4 is 20.7 Å². The van der Waals surface area contributed by atoms with Crippen molar-refractivity contribution in [2.45, 2.75) is 23.1 Å². The first-order valence-electron chi connectivity index (χ1n) is 8.11. The van der Waals surface area contributed by atoms with Crippen LogP contribution in [0.2, 0.25) is 0 Å². The molecule has 0 aliphatic carbocycles. The predicted molar refractivity (Wildman–Crippen MR) is 97.1 cm³/mol. The number of aromatic nitrogens is 1. The van der Waals surface area contributed by atoms with Crippen LogP contribution in [-0.4, -0.2) is 38.4 Å². The van der Waals surface area contributed by atoms with Gasteiger partial charge in [0.05, 0.1) is 9.79 Å². The van der Waals surface area contributed by atoms with Gasteiger partial charge in [-0.1, -0.05) is 37.3 Å². The number of hydrogen-bond donors (Lipinski definition) is 1. The van der Waals surface area contributed by atoms with Crippen LogP contribution < -0.4 is 0 Å². The van der Waals surface area contributed by atoms with Crippen LogP contribution in [0, 0.1) is 0 Å². The summed E-state index contributed by atoms with van der Waals surface area (Å²) in [6, 6.07) is 14.5. The Morgan fingerprint density at radius 3 is 2.54 bits per heavy atom. The molecule has 5 heteroatoms. The van der Waals surface area contributed by atoms with Gasteiger partial charge in [-0.2, -0.15) is 0 Å². The number of hydrogen-bond acceptors (Lipinski definition) is 3. The number of nitrogens with one attached hydrogen (secondary N) is 1. The van der Waals surface area contributed by atoms with Crippen LogP contribution in [0.3, 0.4) is 0 Å². The molecule has 0 bridgehead atoms. The second-order valence-corrected chi connectivity index (χ2v) is 7.91. The van der Waals surface area contributed by atoms with Gasteiger partial charge in [0.15, 0.2) is 0 Å². The molecule has 1 aromatic heterocycles. The van der Waals surface area contributed by atoms with E-state index in [2.05, 4.69) is 23.9 Å². The molecule has 0 aliphatic heterocycles. The number of aromatic amines is 1. The summed E-state index contributed by atoms with van der Waals surface area (Å²) in [6.07, 6.45) is 2.54. The monoisotopic (exact) mass is 342 g/mol. The number of rotatable bonds is 6. The lowest BCUT2D eigenvalue weighted by Gasteiger charge is -2.13. The summed E-state index contributed by atoms with van der Waals surface area (Å²) in [5.74, 6) is 0. The third kappa shape index (κ3) is 3.23. The third-order valence-electron chi connectivity index (χ3n) is 4.37. The minimum Gasteiger partial charge on any atom is -0.360 e. The molecule has 2 aromatic carbocycles. The molecule has 0 saturated carbocycles. The summed E-state index contributed by atoms with van der Waals surface area (Å²) in [5, 5.41) is 0.742. The lowest BCUT2D eigenvalue weighted by Crippen LogP contribution is -2.20. The molecule has 126 valence electrons. The number of sulfone groups is 1. The Bertz CT molecular complexity index is 930. The third-order valence-corrected chi connectivity index (χ3v) is 6.18. The van der Waals surface area contributed by atoms with Crippen molar-refractivity contribution in [3.05, 3.63) is 60.3 Å². The zero-order valence-corrected chi connectivity index (χ0v) is 14.8. The van der Waals surface area contributed by atoms with E-state index in [1.165, 1.54) is 5.56 Å². The van der Waals surface area contributed by atoms with Gasteiger partial charge >= 0.3 is 0 Å². The van der Waals surface area contributed by atoms with Gasteiger partial charge in [0.2, 0.25) is 9.84 Å². The molecule has 0 unspecified atom stereocenters. The maximum Gasteiger partial charge on any atom is 0.208 e. The van der Waals surface area contributed by atoms with E-state index in [0.29, 0.717) is 9.79 Å². The standard InChI is InChI=1S/C19H22N2O2S/c1-3-21(2)12-11-15-9-10-17-18(13-15)20-14-19(17)24(22,23)16-7-5-4-6-8-16/h4-10,13-14,20H,3,11-12H2,1-2H3. The first kappa shape index (κ1) is 16.7. The van der Waals surface area contributed by atoms with E-state index in [4.69, 9.17) is 0 Å². The predicted octanol–water partition coefficient (Wildman–Crippen LogP) is 3.49. The lowest BCUT2D eigenvalue weighted by molar-refractivity contribution is 0.357. The van der Waals surface area contributed by atoms with Crippen molar-refractivity contribution in [2.24, 2.45) is 0 Å². The molecular formula is C19H22N2O2S. The highest BCUT2D eigenvalue weighted by atomic mass is 32.2. The molecule has 24 heavy (non-hydrogen) atoms. The average Bonchev–Trinajstić information content (AvgIpc) is 3.04. The maximum atomic E-state index is 12.8. The van der Waals surface area contributed by atoms with Crippen LogP contribution in [0.4, 0.5) is 0 Å². The molecule has 0 spiro atoms. The number of H-pyrrole nitrogens is 1. The minimum atomic E-state index is -3.50. The number of fused-ring (bicyclic) bond motifs is 1. The van der Waals surface area contributed by atoms with E-state index in [1.807, 2.05) is 24.3 Å². The first-order chi connectivity index (χ1) is 11.5. The van der Waals surface area contributed by atoms with Gasteiger partial charge in [-0.05, 0) is 43.8 Å². The lowest BCUT2D eigenvalue weighted by atomic mass is 10.1. The van der Waals surface area contributed by atoms with Crippen LogP contribution in [0.25, 0.3) is 10.9 Å². The summed E-state index contributed by atoms with van der Waals surface area (Å²) in [7, 11) is -1.41. The van der Waals surface area contributed by atoms with Crippen molar-refractivity contribution in [3.63, 3.8) is 0 Å². The van der Waals surface area contributed by atoms with E-state index in [-0.39, 0.29) is 0 Å².